The van der Waals surface area contributed by atoms with Crippen molar-refractivity contribution in [2.75, 3.05) is 26.2 Å². The number of carbonyl (C=O) groups is 1. The van der Waals surface area contributed by atoms with E-state index in [1.54, 1.807) is 12.1 Å². The van der Waals surface area contributed by atoms with Crippen LogP contribution in [-0.4, -0.2) is 46.5 Å². The van der Waals surface area contributed by atoms with Gasteiger partial charge in [0.05, 0.1) is 17.2 Å². The van der Waals surface area contributed by atoms with E-state index in [9.17, 15) is 9.59 Å². The average molecular weight is 421 g/mol. The van der Waals surface area contributed by atoms with E-state index in [-0.39, 0.29) is 18.0 Å². The smallest absolute Gasteiger partial charge is 0.261 e. The Morgan fingerprint density at radius 1 is 1.31 bits per heavy atom. The Kier molecular flexibility index (Phi) is 6.43. The number of nitrogens with zero attached hydrogens (tertiary/aromatic N) is 3. The van der Waals surface area contributed by atoms with Gasteiger partial charge in [0, 0.05) is 17.6 Å². The minimum absolute atomic E-state index is 0.00921. The lowest BCUT2D eigenvalue weighted by Gasteiger charge is -2.29. The number of carbonyl (C=O) groups excluding carboxylic acids is 1. The molecule has 26 heavy (non-hydrogen) atoms. The third-order valence-corrected chi connectivity index (χ3v) is 5.26. The van der Waals surface area contributed by atoms with E-state index in [1.807, 2.05) is 6.07 Å². The number of hydrogen-bond donors (Lipinski definition) is 1. The van der Waals surface area contributed by atoms with Crippen molar-refractivity contribution in [2.45, 2.75) is 32.7 Å². The quantitative estimate of drug-likeness (QED) is 0.778. The molecule has 1 aromatic carbocycles. The van der Waals surface area contributed by atoms with Gasteiger partial charge in [-0.15, -0.1) is 0 Å². The summed E-state index contributed by atoms with van der Waals surface area (Å²) in [6, 6.07) is 5.36. The van der Waals surface area contributed by atoms with Crippen molar-refractivity contribution in [3.8, 4) is 0 Å². The highest BCUT2D eigenvalue weighted by atomic mass is 79.9. The predicted octanol–water partition coefficient (Wildman–Crippen LogP) is 2.40. The Hall–Kier alpha value is -1.73. The molecule has 1 N–H and O–H groups in total. The number of aromatic nitrogens is 2. The highest BCUT2D eigenvalue weighted by molar-refractivity contribution is 9.10. The molecule has 1 saturated heterocycles. The van der Waals surface area contributed by atoms with Crippen LogP contribution in [0.3, 0.4) is 0 Å². The van der Waals surface area contributed by atoms with E-state index in [0.29, 0.717) is 23.4 Å². The first-order chi connectivity index (χ1) is 12.5. The highest BCUT2D eigenvalue weighted by Crippen LogP contribution is 2.14. The highest BCUT2D eigenvalue weighted by Gasteiger charge is 2.14. The summed E-state index contributed by atoms with van der Waals surface area (Å²) in [5.74, 6) is 0.230. The maximum Gasteiger partial charge on any atom is 0.261 e. The van der Waals surface area contributed by atoms with E-state index < -0.39 is 0 Å². The number of rotatable bonds is 6. The lowest BCUT2D eigenvalue weighted by molar-refractivity contribution is -0.121. The lowest BCUT2D eigenvalue weighted by atomic mass is 10.1. The molecule has 1 amide bonds. The van der Waals surface area contributed by atoms with E-state index in [0.717, 1.165) is 24.1 Å². The van der Waals surface area contributed by atoms with Crippen LogP contribution >= 0.6 is 15.9 Å². The van der Waals surface area contributed by atoms with Crippen LogP contribution in [0, 0.1) is 5.92 Å². The lowest BCUT2D eigenvalue weighted by Crippen LogP contribution is -2.39. The van der Waals surface area contributed by atoms with Crippen molar-refractivity contribution in [1.29, 1.82) is 0 Å². The zero-order chi connectivity index (χ0) is 18.5. The number of benzene rings is 1. The van der Waals surface area contributed by atoms with Gasteiger partial charge < -0.3 is 10.2 Å². The molecule has 0 bridgehead atoms. The molecule has 0 saturated carbocycles. The Morgan fingerprint density at radius 3 is 2.85 bits per heavy atom. The van der Waals surface area contributed by atoms with Gasteiger partial charge in [-0.05, 0) is 50.0 Å². The molecule has 0 aliphatic carbocycles. The van der Waals surface area contributed by atoms with Crippen LogP contribution in [0.1, 0.15) is 26.2 Å². The molecule has 1 aromatic heterocycles. The molecule has 2 heterocycles. The fourth-order valence-electron chi connectivity index (χ4n) is 3.39. The largest absolute Gasteiger partial charge is 0.354 e. The summed E-state index contributed by atoms with van der Waals surface area (Å²) < 4.78 is 2.18. The Bertz CT molecular complexity index is 830. The van der Waals surface area contributed by atoms with Crippen LogP contribution in [0.15, 0.2) is 33.8 Å². The van der Waals surface area contributed by atoms with Gasteiger partial charge in [-0.1, -0.05) is 29.3 Å². The van der Waals surface area contributed by atoms with Gasteiger partial charge in [-0.2, -0.15) is 0 Å². The van der Waals surface area contributed by atoms with Crippen LogP contribution in [0.2, 0.25) is 0 Å². The number of amides is 1. The summed E-state index contributed by atoms with van der Waals surface area (Å²) in [5, 5.41) is 3.45. The molecule has 1 unspecified atom stereocenters. The van der Waals surface area contributed by atoms with Crippen molar-refractivity contribution < 1.29 is 4.79 Å². The van der Waals surface area contributed by atoms with Crippen LogP contribution in [0.5, 0.6) is 0 Å². The Balaban J connectivity index is 1.55. The van der Waals surface area contributed by atoms with Crippen molar-refractivity contribution >= 4 is 32.7 Å². The van der Waals surface area contributed by atoms with Crippen LogP contribution < -0.4 is 10.9 Å². The third kappa shape index (κ3) is 4.92. The van der Waals surface area contributed by atoms with Crippen molar-refractivity contribution in [3.05, 3.63) is 39.4 Å². The first-order valence-electron chi connectivity index (χ1n) is 9.16. The SMILES string of the molecule is CC(CNC(=O)Cn1cnc2ccc(Br)cc2c1=O)CN1CCCCC1. The van der Waals surface area contributed by atoms with Crippen molar-refractivity contribution in [2.24, 2.45) is 5.92 Å². The van der Waals surface area contributed by atoms with E-state index in [2.05, 4.69) is 38.1 Å². The van der Waals surface area contributed by atoms with E-state index in [1.165, 1.54) is 30.2 Å². The van der Waals surface area contributed by atoms with Crippen molar-refractivity contribution in [3.63, 3.8) is 0 Å². The zero-order valence-electron chi connectivity index (χ0n) is 15.1. The number of halogens is 1. The standard InChI is InChI=1S/C19H25BrN4O2/c1-14(11-23-7-3-2-4-8-23)10-21-18(25)12-24-13-22-17-6-5-15(20)9-16(17)19(24)26/h5-6,9,13-14H,2-4,7-8,10-12H2,1H3,(H,21,25). The molecule has 3 rings (SSSR count). The zero-order valence-corrected chi connectivity index (χ0v) is 16.7. The number of fused-ring (bicyclic) bond motifs is 1. The number of hydrogen-bond acceptors (Lipinski definition) is 4. The molecule has 2 aromatic rings. The molecule has 1 atom stereocenters. The molecule has 6 nitrogen and oxygen atoms in total. The van der Waals surface area contributed by atoms with Crippen LogP contribution in [-0.2, 0) is 11.3 Å². The maximum atomic E-state index is 12.5. The van der Waals surface area contributed by atoms with Gasteiger partial charge >= 0.3 is 0 Å². The summed E-state index contributed by atoms with van der Waals surface area (Å²) in [6.45, 7) is 6.08. The maximum absolute atomic E-state index is 12.5. The normalized spacial score (nSPS) is 16.5. The van der Waals surface area contributed by atoms with E-state index in [4.69, 9.17) is 0 Å². The molecular formula is C19H25BrN4O2. The molecule has 0 spiro atoms. The van der Waals surface area contributed by atoms with Crippen LogP contribution in [0.4, 0.5) is 0 Å². The van der Waals surface area contributed by atoms with Crippen molar-refractivity contribution in [1.82, 2.24) is 19.8 Å². The monoisotopic (exact) mass is 420 g/mol. The minimum Gasteiger partial charge on any atom is -0.354 e. The summed E-state index contributed by atoms with van der Waals surface area (Å²) >= 11 is 3.36. The topological polar surface area (TPSA) is 67.2 Å². The second-order valence-electron chi connectivity index (χ2n) is 7.11. The Labute approximate surface area is 161 Å². The number of piperidine rings is 1. The minimum atomic E-state index is -0.201. The van der Waals surface area contributed by atoms with Gasteiger partial charge in [-0.25, -0.2) is 4.98 Å². The Morgan fingerprint density at radius 2 is 2.08 bits per heavy atom. The molecule has 1 aliphatic rings. The fourth-order valence-corrected chi connectivity index (χ4v) is 3.75. The van der Waals surface area contributed by atoms with Gasteiger partial charge in [-0.3, -0.25) is 14.2 Å². The first-order valence-corrected chi connectivity index (χ1v) is 9.96. The average Bonchev–Trinajstić information content (AvgIpc) is 2.64. The second kappa shape index (κ2) is 8.77. The first kappa shape index (κ1) is 19.0. The molecule has 140 valence electrons. The van der Waals surface area contributed by atoms with Gasteiger partial charge in [0.2, 0.25) is 5.91 Å². The second-order valence-corrected chi connectivity index (χ2v) is 8.03. The summed E-state index contributed by atoms with van der Waals surface area (Å²) in [7, 11) is 0. The summed E-state index contributed by atoms with van der Waals surface area (Å²) in [4.78, 5) is 31.5. The van der Waals surface area contributed by atoms with E-state index >= 15 is 0 Å². The molecule has 1 fully saturated rings. The molecule has 0 radical (unpaired) electrons. The van der Waals surface area contributed by atoms with Gasteiger partial charge in [0.25, 0.3) is 5.56 Å². The predicted molar refractivity (Wildman–Crippen MR) is 106 cm³/mol. The van der Waals surface area contributed by atoms with Gasteiger partial charge in [0.1, 0.15) is 6.54 Å². The molecule has 7 heteroatoms. The van der Waals surface area contributed by atoms with Crippen LogP contribution in [0.25, 0.3) is 10.9 Å². The number of likely N-dealkylation sites (tertiary alicyclic amines) is 1. The summed E-state index contributed by atoms with van der Waals surface area (Å²) in [6.07, 6.45) is 5.31. The van der Waals surface area contributed by atoms with Gasteiger partial charge in [0.15, 0.2) is 0 Å². The third-order valence-electron chi connectivity index (χ3n) is 4.77. The fraction of sp³-hybridized carbons (Fsp3) is 0.526. The molecular weight excluding hydrogens is 396 g/mol. The summed E-state index contributed by atoms with van der Waals surface area (Å²) in [5.41, 5.74) is 0.429. The number of nitrogens with one attached hydrogen (secondary N) is 1. The molecule has 1 aliphatic heterocycles.